The number of nitrogens with zero attached hydrogens (tertiary/aromatic N) is 1. The summed E-state index contributed by atoms with van der Waals surface area (Å²) < 4.78 is 5.07. The summed E-state index contributed by atoms with van der Waals surface area (Å²) in [6.45, 7) is 7.10. The molecule has 1 N–H and O–H groups in total. The smallest absolute Gasteiger partial charge is 0.193 e. The van der Waals surface area contributed by atoms with Crippen LogP contribution in [0.25, 0.3) is 4.85 Å². The van der Waals surface area contributed by atoms with Crippen molar-refractivity contribution in [3.63, 3.8) is 0 Å². The summed E-state index contributed by atoms with van der Waals surface area (Å²) in [5, 5.41) is 10.3. The van der Waals surface area contributed by atoms with Crippen LogP contribution >= 0.6 is 0 Å². The molecule has 0 fully saturated rings. The van der Waals surface area contributed by atoms with E-state index < -0.39 is 6.10 Å². The lowest BCUT2D eigenvalue weighted by Gasteiger charge is -2.13. The molecule has 3 nitrogen and oxygen atoms in total. The van der Waals surface area contributed by atoms with Crippen LogP contribution < -0.4 is 4.74 Å². The van der Waals surface area contributed by atoms with E-state index in [-0.39, 0.29) is 0 Å². The van der Waals surface area contributed by atoms with E-state index in [1.807, 2.05) is 6.07 Å². The van der Waals surface area contributed by atoms with Crippen LogP contribution in [0.1, 0.15) is 17.2 Å². The average Bonchev–Trinajstić information content (AvgIpc) is 2.46. The number of benzene rings is 2. The molecule has 18 heavy (non-hydrogen) atoms. The fourth-order valence-electron chi connectivity index (χ4n) is 1.79. The highest BCUT2D eigenvalue weighted by Gasteiger charge is 2.13. The molecule has 0 heterocycles. The third kappa shape index (κ3) is 2.34. The summed E-state index contributed by atoms with van der Waals surface area (Å²) in [5.41, 5.74) is 1.84. The van der Waals surface area contributed by atoms with Gasteiger partial charge in [0.1, 0.15) is 5.75 Å². The highest BCUT2D eigenvalue weighted by Crippen LogP contribution is 2.30. The molecule has 1 unspecified atom stereocenters. The van der Waals surface area contributed by atoms with Gasteiger partial charge in [0.2, 0.25) is 0 Å². The van der Waals surface area contributed by atoms with Gasteiger partial charge < -0.3 is 9.84 Å². The van der Waals surface area contributed by atoms with Crippen LogP contribution in [0.3, 0.4) is 0 Å². The van der Waals surface area contributed by atoms with Gasteiger partial charge in [0.15, 0.2) is 5.69 Å². The Labute approximate surface area is 106 Å². The van der Waals surface area contributed by atoms with Crippen LogP contribution in [-0.2, 0) is 0 Å². The normalized spacial score (nSPS) is 11.6. The lowest BCUT2D eigenvalue weighted by Crippen LogP contribution is -1.99. The Hall–Kier alpha value is -2.31. The largest absolute Gasteiger partial charge is 0.497 e. The van der Waals surface area contributed by atoms with E-state index in [9.17, 15) is 5.11 Å². The standard InChI is InChI=1S/C15H13NO2/c1-16-14-6-4-3-5-13(14)15(17)11-7-9-12(18-2)10-8-11/h3-10,15,17H,2H3. The van der Waals surface area contributed by atoms with Gasteiger partial charge in [-0.3, -0.25) is 0 Å². The Kier molecular flexibility index (Phi) is 3.61. The Morgan fingerprint density at radius 3 is 2.39 bits per heavy atom. The molecule has 0 bridgehead atoms. The lowest BCUT2D eigenvalue weighted by atomic mass is 10.00. The van der Waals surface area contributed by atoms with Crippen LogP contribution in [0.5, 0.6) is 5.75 Å². The first-order chi connectivity index (χ1) is 8.76. The molecule has 0 aliphatic heterocycles. The molecule has 3 heteroatoms. The van der Waals surface area contributed by atoms with Crippen molar-refractivity contribution in [2.45, 2.75) is 6.10 Å². The van der Waals surface area contributed by atoms with Gasteiger partial charge in [0.05, 0.1) is 19.8 Å². The van der Waals surface area contributed by atoms with Gasteiger partial charge in [-0.2, -0.15) is 0 Å². The quantitative estimate of drug-likeness (QED) is 0.833. The third-order valence-electron chi connectivity index (χ3n) is 2.78. The highest BCUT2D eigenvalue weighted by molar-refractivity contribution is 5.55. The zero-order valence-corrected chi connectivity index (χ0v) is 10.00. The molecule has 90 valence electrons. The number of hydrogen-bond acceptors (Lipinski definition) is 2. The van der Waals surface area contributed by atoms with Crippen molar-refractivity contribution >= 4 is 5.69 Å². The van der Waals surface area contributed by atoms with Crippen molar-refractivity contribution in [1.82, 2.24) is 0 Å². The van der Waals surface area contributed by atoms with Gasteiger partial charge in [-0.1, -0.05) is 36.4 Å². The number of hydrogen-bond donors (Lipinski definition) is 1. The number of rotatable bonds is 3. The van der Waals surface area contributed by atoms with Crippen molar-refractivity contribution in [1.29, 1.82) is 0 Å². The van der Waals surface area contributed by atoms with Crippen molar-refractivity contribution in [2.75, 3.05) is 7.11 Å². The van der Waals surface area contributed by atoms with E-state index in [2.05, 4.69) is 4.85 Å². The molecule has 2 rings (SSSR count). The molecule has 0 aromatic heterocycles. The van der Waals surface area contributed by atoms with Gasteiger partial charge in [-0.05, 0) is 23.3 Å². The molecule has 0 radical (unpaired) electrons. The first-order valence-electron chi connectivity index (χ1n) is 5.54. The SMILES string of the molecule is [C-]#[N+]c1ccccc1C(O)c1ccc(OC)cc1. The molecular weight excluding hydrogens is 226 g/mol. The van der Waals surface area contributed by atoms with Crippen LogP contribution in [0.2, 0.25) is 0 Å². The molecule has 0 saturated carbocycles. The second-order valence-corrected chi connectivity index (χ2v) is 3.85. The molecule has 0 aliphatic carbocycles. The molecule has 0 amide bonds. The molecule has 2 aromatic carbocycles. The third-order valence-corrected chi connectivity index (χ3v) is 2.78. The predicted octanol–water partition coefficient (Wildman–Crippen LogP) is 3.33. The number of ether oxygens (including phenoxy) is 1. The van der Waals surface area contributed by atoms with E-state index in [4.69, 9.17) is 11.3 Å². The summed E-state index contributed by atoms with van der Waals surface area (Å²) in [6.07, 6.45) is -0.791. The number of aliphatic hydroxyl groups excluding tert-OH is 1. The van der Waals surface area contributed by atoms with Crippen molar-refractivity contribution in [3.05, 3.63) is 71.1 Å². The van der Waals surface area contributed by atoms with E-state index in [0.29, 0.717) is 11.3 Å². The summed E-state index contributed by atoms with van der Waals surface area (Å²) in [4.78, 5) is 3.42. The second kappa shape index (κ2) is 5.35. The topological polar surface area (TPSA) is 33.8 Å². The minimum Gasteiger partial charge on any atom is -0.497 e. The van der Waals surface area contributed by atoms with Gasteiger partial charge in [-0.15, -0.1) is 0 Å². The first kappa shape index (κ1) is 12.2. The van der Waals surface area contributed by atoms with Crippen LogP contribution in [0.15, 0.2) is 48.5 Å². The number of methoxy groups -OCH3 is 1. The Morgan fingerprint density at radius 2 is 1.78 bits per heavy atom. The fraction of sp³-hybridized carbons (Fsp3) is 0.133. The maximum atomic E-state index is 10.3. The minimum absolute atomic E-state index is 0.473. The first-order valence-corrected chi connectivity index (χ1v) is 5.54. The molecule has 0 saturated heterocycles. The van der Waals surface area contributed by atoms with E-state index >= 15 is 0 Å². The average molecular weight is 239 g/mol. The van der Waals surface area contributed by atoms with Crippen molar-refractivity contribution in [2.24, 2.45) is 0 Å². The van der Waals surface area contributed by atoms with Crippen LogP contribution in [0, 0.1) is 6.57 Å². The van der Waals surface area contributed by atoms with Gasteiger partial charge in [0, 0.05) is 0 Å². The minimum atomic E-state index is -0.791. The van der Waals surface area contributed by atoms with E-state index in [0.717, 1.165) is 11.3 Å². The fourth-order valence-corrected chi connectivity index (χ4v) is 1.79. The molecule has 1 atom stereocenters. The number of aliphatic hydroxyl groups is 1. The van der Waals surface area contributed by atoms with Crippen LogP contribution in [-0.4, -0.2) is 12.2 Å². The summed E-state index contributed by atoms with van der Waals surface area (Å²) >= 11 is 0. The second-order valence-electron chi connectivity index (χ2n) is 3.85. The van der Waals surface area contributed by atoms with E-state index in [1.54, 1.807) is 49.6 Å². The Bertz CT molecular complexity index is 570. The van der Waals surface area contributed by atoms with Gasteiger partial charge in [0.25, 0.3) is 0 Å². The molecule has 2 aromatic rings. The van der Waals surface area contributed by atoms with Crippen molar-refractivity contribution in [3.8, 4) is 5.75 Å². The molecule has 0 aliphatic rings. The highest BCUT2D eigenvalue weighted by atomic mass is 16.5. The number of para-hydroxylation sites is 1. The van der Waals surface area contributed by atoms with Gasteiger partial charge >= 0.3 is 0 Å². The zero-order chi connectivity index (χ0) is 13.0. The maximum Gasteiger partial charge on any atom is 0.193 e. The predicted molar refractivity (Wildman–Crippen MR) is 69.8 cm³/mol. The zero-order valence-electron chi connectivity index (χ0n) is 10.00. The summed E-state index contributed by atoms with van der Waals surface area (Å²) in [6, 6.07) is 14.2. The molecule has 0 spiro atoms. The van der Waals surface area contributed by atoms with Crippen LogP contribution in [0.4, 0.5) is 5.69 Å². The van der Waals surface area contributed by atoms with Gasteiger partial charge in [-0.25, -0.2) is 4.85 Å². The van der Waals surface area contributed by atoms with Crippen molar-refractivity contribution < 1.29 is 9.84 Å². The van der Waals surface area contributed by atoms with E-state index in [1.165, 1.54) is 0 Å². The lowest BCUT2D eigenvalue weighted by molar-refractivity contribution is 0.221. The maximum absolute atomic E-state index is 10.3. The molecular formula is C15H13NO2. The summed E-state index contributed by atoms with van der Waals surface area (Å²) in [5.74, 6) is 0.740. The Morgan fingerprint density at radius 1 is 1.11 bits per heavy atom. The monoisotopic (exact) mass is 239 g/mol. The summed E-state index contributed by atoms with van der Waals surface area (Å²) in [7, 11) is 1.60. The Balaban J connectivity index is 2.35.